The molecule has 27 heavy (non-hydrogen) atoms. The quantitative estimate of drug-likeness (QED) is 0.368. The molecule has 2 saturated carbocycles. The summed E-state index contributed by atoms with van der Waals surface area (Å²) in [6.07, 6.45) is 5.84. The van der Waals surface area contributed by atoms with Crippen LogP contribution in [0.15, 0.2) is 29.3 Å². The Morgan fingerprint density at radius 2 is 2.11 bits per heavy atom. The molecule has 2 bridgehead atoms. The van der Waals surface area contributed by atoms with E-state index in [1.807, 2.05) is 6.07 Å². The Morgan fingerprint density at radius 3 is 2.74 bits per heavy atom. The first-order valence-corrected chi connectivity index (χ1v) is 9.50. The van der Waals surface area contributed by atoms with Crippen molar-refractivity contribution in [2.75, 3.05) is 27.2 Å². The van der Waals surface area contributed by atoms with E-state index in [2.05, 4.69) is 15.6 Å². The number of amides is 1. The molecule has 2 N–H and O–H groups in total. The molecule has 0 radical (unpaired) electrons. The molecule has 0 aliphatic heterocycles. The molecule has 0 saturated heterocycles. The Bertz CT molecular complexity index is 667. The first-order valence-electron chi connectivity index (χ1n) is 9.50. The maximum Gasteiger partial charge on any atom is 0.243 e. The number of nitrogens with zero attached hydrogens (tertiary/aromatic N) is 2. The van der Waals surface area contributed by atoms with E-state index < -0.39 is 0 Å². The van der Waals surface area contributed by atoms with Gasteiger partial charge in [-0.2, -0.15) is 0 Å². The number of fused-ring (bicyclic) bond motifs is 2. The summed E-state index contributed by atoms with van der Waals surface area (Å²) < 4.78 is 13.3. The normalized spacial score (nSPS) is 23.7. The highest BCUT2D eigenvalue weighted by Crippen LogP contribution is 2.44. The third kappa shape index (κ3) is 6.33. The Kier molecular flexibility index (Phi) is 8.31. The fourth-order valence-electron chi connectivity index (χ4n) is 4.06. The van der Waals surface area contributed by atoms with E-state index >= 15 is 0 Å². The predicted octanol–water partition coefficient (Wildman–Crippen LogP) is 2.80. The largest absolute Gasteiger partial charge is 0.356 e. The molecule has 0 spiro atoms. The van der Waals surface area contributed by atoms with Crippen molar-refractivity contribution < 1.29 is 9.18 Å². The lowest BCUT2D eigenvalue weighted by Crippen LogP contribution is -2.46. The zero-order chi connectivity index (χ0) is 18.5. The van der Waals surface area contributed by atoms with Gasteiger partial charge in [-0.3, -0.25) is 4.79 Å². The van der Waals surface area contributed by atoms with Gasteiger partial charge in [0.1, 0.15) is 12.4 Å². The minimum absolute atomic E-state index is 0. The highest BCUT2D eigenvalue weighted by Gasteiger charge is 2.39. The van der Waals surface area contributed by atoms with Gasteiger partial charge in [0, 0.05) is 26.7 Å². The molecule has 5 nitrogen and oxygen atoms in total. The molecule has 0 aromatic heterocycles. The third-order valence-electron chi connectivity index (χ3n) is 5.53. The van der Waals surface area contributed by atoms with Gasteiger partial charge in [-0.25, -0.2) is 9.38 Å². The van der Waals surface area contributed by atoms with Crippen LogP contribution in [0.3, 0.4) is 0 Å². The molecule has 1 aromatic rings. The van der Waals surface area contributed by atoms with Gasteiger partial charge >= 0.3 is 0 Å². The van der Waals surface area contributed by atoms with E-state index in [0.29, 0.717) is 25.0 Å². The zero-order valence-electron chi connectivity index (χ0n) is 16.1. The molecular formula is C20H30FIN4O. The molecule has 7 heteroatoms. The van der Waals surface area contributed by atoms with Crippen LogP contribution in [-0.4, -0.2) is 50.0 Å². The van der Waals surface area contributed by atoms with Crippen LogP contribution in [0.5, 0.6) is 0 Å². The zero-order valence-corrected chi connectivity index (χ0v) is 18.4. The number of hydrogen-bond donors (Lipinski definition) is 2. The molecule has 3 atom stereocenters. The number of carbonyl (C=O) groups is 1. The maximum absolute atomic E-state index is 13.3. The Hall–Kier alpha value is -1.38. The van der Waals surface area contributed by atoms with Crippen molar-refractivity contribution in [3.05, 3.63) is 35.6 Å². The molecular weight excluding hydrogens is 458 g/mol. The van der Waals surface area contributed by atoms with Crippen molar-refractivity contribution in [1.82, 2.24) is 15.5 Å². The van der Waals surface area contributed by atoms with Crippen LogP contribution >= 0.6 is 24.0 Å². The maximum atomic E-state index is 13.3. The van der Waals surface area contributed by atoms with Crippen LogP contribution in [0, 0.1) is 17.7 Å². The molecule has 2 aliphatic rings. The number of rotatable bonds is 6. The number of nitrogens with one attached hydrogen (secondary N) is 2. The summed E-state index contributed by atoms with van der Waals surface area (Å²) >= 11 is 0. The molecule has 2 aliphatic carbocycles. The summed E-state index contributed by atoms with van der Waals surface area (Å²) in [7, 11) is 3.47. The average Bonchev–Trinajstić information content (AvgIpc) is 3.22. The predicted molar refractivity (Wildman–Crippen MR) is 117 cm³/mol. The van der Waals surface area contributed by atoms with Gasteiger partial charge in [-0.1, -0.05) is 18.6 Å². The van der Waals surface area contributed by atoms with Gasteiger partial charge in [0.15, 0.2) is 5.96 Å². The lowest BCUT2D eigenvalue weighted by atomic mass is 9.95. The smallest absolute Gasteiger partial charge is 0.243 e. The minimum Gasteiger partial charge on any atom is -0.356 e. The summed E-state index contributed by atoms with van der Waals surface area (Å²) in [5.41, 5.74) is 0.946. The fourth-order valence-corrected chi connectivity index (χ4v) is 4.06. The van der Waals surface area contributed by atoms with E-state index in [1.54, 1.807) is 31.1 Å². The molecule has 1 amide bonds. The number of benzene rings is 1. The van der Waals surface area contributed by atoms with Gasteiger partial charge in [0.05, 0.1) is 0 Å². The monoisotopic (exact) mass is 488 g/mol. The van der Waals surface area contributed by atoms with Crippen molar-refractivity contribution in [3.63, 3.8) is 0 Å². The first kappa shape index (κ1) is 21.9. The number of hydrogen-bond acceptors (Lipinski definition) is 2. The van der Waals surface area contributed by atoms with Crippen LogP contribution in [0.4, 0.5) is 4.39 Å². The summed E-state index contributed by atoms with van der Waals surface area (Å²) in [5.74, 6) is 2.01. The summed E-state index contributed by atoms with van der Waals surface area (Å²) in [6.45, 7) is 0.773. The highest BCUT2D eigenvalue weighted by atomic mass is 127. The van der Waals surface area contributed by atoms with Crippen molar-refractivity contribution in [2.45, 2.75) is 38.1 Å². The van der Waals surface area contributed by atoms with E-state index in [0.717, 1.165) is 17.4 Å². The van der Waals surface area contributed by atoms with Crippen molar-refractivity contribution in [2.24, 2.45) is 16.8 Å². The lowest BCUT2D eigenvalue weighted by Gasteiger charge is -2.25. The second kappa shape index (κ2) is 10.2. The van der Waals surface area contributed by atoms with Crippen LogP contribution < -0.4 is 10.6 Å². The van der Waals surface area contributed by atoms with Gasteiger partial charge in [-0.05, 0) is 55.2 Å². The van der Waals surface area contributed by atoms with Gasteiger partial charge in [0.25, 0.3) is 0 Å². The van der Waals surface area contributed by atoms with Gasteiger partial charge < -0.3 is 15.5 Å². The third-order valence-corrected chi connectivity index (χ3v) is 5.53. The van der Waals surface area contributed by atoms with Crippen LogP contribution in [0.1, 0.15) is 31.2 Å². The molecule has 150 valence electrons. The Morgan fingerprint density at radius 1 is 1.30 bits per heavy atom. The van der Waals surface area contributed by atoms with Crippen molar-refractivity contribution in [1.29, 1.82) is 0 Å². The van der Waals surface area contributed by atoms with Crippen LogP contribution in [0.25, 0.3) is 0 Å². The Labute approximate surface area is 178 Å². The van der Waals surface area contributed by atoms with E-state index in [-0.39, 0.29) is 42.2 Å². The summed E-state index contributed by atoms with van der Waals surface area (Å²) in [6, 6.07) is 7.09. The van der Waals surface area contributed by atoms with Crippen molar-refractivity contribution >= 4 is 35.8 Å². The standard InChI is InChI=1S/C20H29FN4O.HI/c1-25(2)19(26)13-23-20(24-18-12-15-6-7-16(18)10-15)22-9-8-14-4-3-5-17(21)11-14;/h3-5,11,15-16,18H,6-10,12-13H2,1-2H3,(H2,22,23,24);1H. The molecule has 1 aromatic carbocycles. The average molecular weight is 488 g/mol. The number of carbonyl (C=O) groups excluding carboxylic acids is 1. The van der Waals surface area contributed by atoms with Gasteiger partial charge in [0.2, 0.25) is 5.91 Å². The van der Waals surface area contributed by atoms with E-state index in [4.69, 9.17) is 0 Å². The Balaban J connectivity index is 0.00000261. The number of halogens is 2. The fraction of sp³-hybridized carbons (Fsp3) is 0.600. The van der Waals surface area contributed by atoms with Crippen LogP contribution in [0.2, 0.25) is 0 Å². The summed E-state index contributed by atoms with van der Waals surface area (Å²) in [4.78, 5) is 17.9. The molecule has 2 fully saturated rings. The first-order chi connectivity index (χ1) is 12.5. The summed E-state index contributed by atoms with van der Waals surface area (Å²) in [5, 5.41) is 6.85. The number of likely N-dealkylation sites (N-methyl/N-ethyl adjacent to an activating group) is 1. The van der Waals surface area contributed by atoms with E-state index in [1.165, 1.54) is 31.7 Å². The highest BCUT2D eigenvalue weighted by molar-refractivity contribution is 14.0. The van der Waals surface area contributed by atoms with Crippen molar-refractivity contribution in [3.8, 4) is 0 Å². The number of aliphatic imine (C=N–C) groups is 1. The van der Waals surface area contributed by atoms with Crippen LogP contribution in [-0.2, 0) is 11.2 Å². The molecule has 0 heterocycles. The van der Waals surface area contributed by atoms with Gasteiger partial charge in [-0.15, -0.1) is 24.0 Å². The molecule has 3 unspecified atom stereocenters. The lowest BCUT2D eigenvalue weighted by molar-refractivity contribution is -0.127. The SMILES string of the molecule is CN(C)C(=O)CN=C(NCCc1cccc(F)c1)NC1CC2CCC1C2.I. The second-order valence-corrected chi connectivity index (χ2v) is 7.69. The van der Waals surface area contributed by atoms with E-state index in [9.17, 15) is 9.18 Å². The topological polar surface area (TPSA) is 56.7 Å². The number of guanidine groups is 1. The second-order valence-electron chi connectivity index (χ2n) is 7.69. The molecule has 3 rings (SSSR count). The minimum atomic E-state index is -0.215.